The van der Waals surface area contributed by atoms with Gasteiger partial charge in [0.1, 0.15) is 5.82 Å². The SMILES string of the molecule is CC(C)N(C)c1c[c]ccn1. The van der Waals surface area contributed by atoms with Gasteiger partial charge in [0.25, 0.3) is 0 Å². The van der Waals surface area contributed by atoms with Crippen molar-refractivity contribution in [2.75, 3.05) is 11.9 Å². The maximum atomic E-state index is 4.19. The van der Waals surface area contributed by atoms with E-state index in [1.807, 2.05) is 13.1 Å². The first-order valence-corrected chi connectivity index (χ1v) is 3.76. The fraction of sp³-hybridized carbons (Fsp3) is 0.444. The third kappa shape index (κ3) is 1.93. The van der Waals surface area contributed by atoms with Crippen molar-refractivity contribution in [1.82, 2.24) is 4.98 Å². The molecule has 0 saturated carbocycles. The Morgan fingerprint density at radius 2 is 2.27 bits per heavy atom. The van der Waals surface area contributed by atoms with Crippen LogP contribution in [-0.2, 0) is 0 Å². The number of rotatable bonds is 2. The summed E-state index contributed by atoms with van der Waals surface area (Å²) < 4.78 is 0. The molecule has 0 N–H and O–H groups in total. The van der Waals surface area contributed by atoms with Crippen LogP contribution in [0.2, 0.25) is 0 Å². The van der Waals surface area contributed by atoms with Crippen LogP contribution in [0.1, 0.15) is 13.8 Å². The summed E-state index contributed by atoms with van der Waals surface area (Å²) >= 11 is 0. The Labute approximate surface area is 67.9 Å². The Balaban J connectivity index is 2.77. The van der Waals surface area contributed by atoms with E-state index in [0.29, 0.717) is 6.04 Å². The third-order valence-corrected chi connectivity index (χ3v) is 1.73. The first-order chi connectivity index (χ1) is 5.22. The summed E-state index contributed by atoms with van der Waals surface area (Å²) in [7, 11) is 2.03. The molecular formula is C9H13N2. The maximum absolute atomic E-state index is 4.19. The Bertz CT molecular complexity index is 206. The van der Waals surface area contributed by atoms with E-state index in [4.69, 9.17) is 0 Å². The highest BCUT2D eigenvalue weighted by molar-refractivity contribution is 5.36. The van der Waals surface area contributed by atoms with Gasteiger partial charge in [-0.05, 0) is 32.0 Å². The van der Waals surface area contributed by atoms with Crippen molar-refractivity contribution in [2.24, 2.45) is 0 Å². The fourth-order valence-electron chi connectivity index (χ4n) is 0.774. The van der Waals surface area contributed by atoms with E-state index in [9.17, 15) is 0 Å². The Hall–Kier alpha value is -1.05. The topological polar surface area (TPSA) is 16.1 Å². The van der Waals surface area contributed by atoms with Crippen molar-refractivity contribution in [3.63, 3.8) is 0 Å². The van der Waals surface area contributed by atoms with Crippen molar-refractivity contribution in [2.45, 2.75) is 19.9 Å². The second-order valence-electron chi connectivity index (χ2n) is 2.82. The molecule has 0 fully saturated rings. The summed E-state index contributed by atoms with van der Waals surface area (Å²) in [5.74, 6) is 0.975. The number of pyridine rings is 1. The quantitative estimate of drug-likeness (QED) is 0.636. The fourth-order valence-corrected chi connectivity index (χ4v) is 0.774. The van der Waals surface area contributed by atoms with Crippen molar-refractivity contribution in [1.29, 1.82) is 0 Å². The zero-order valence-electron chi connectivity index (χ0n) is 7.20. The summed E-state index contributed by atoms with van der Waals surface area (Å²) in [6.45, 7) is 4.27. The van der Waals surface area contributed by atoms with Crippen LogP contribution in [0, 0.1) is 6.07 Å². The molecule has 2 nitrogen and oxygen atoms in total. The number of hydrogen-bond acceptors (Lipinski definition) is 2. The summed E-state index contributed by atoms with van der Waals surface area (Å²) in [5.41, 5.74) is 0. The zero-order valence-corrected chi connectivity index (χ0v) is 7.20. The Morgan fingerprint density at radius 1 is 1.55 bits per heavy atom. The molecule has 0 unspecified atom stereocenters. The average Bonchev–Trinajstić information content (AvgIpc) is 2.05. The first kappa shape index (κ1) is 8.05. The molecule has 1 heterocycles. The molecule has 11 heavy (non-hydrogen) atoms. The predicted octanol–water partition coefficient (Wildman–Crippen LogP) is 1.73. The van der Waals surface area contributed by atoms with E-state index in [-0.39, 0.29) is 0 Å². The van der Waals surface area contributed by atoms with Crippen molar-refractivity contribution >= 4 is 5.82 Å². The van der Waals surface area contributed by atoms with Crippen LogP contribution in [0.15, 0.2) is 18.3 Å². The highest BCUT2D eigenvalue weighted by Gasteiger charge is 2.03. The largest absolute Gasteiger partial charge is 0.357 e. The highest BCUT2D eigenvalue weighted by Crippen LogP contribution is 2.08. The van der Waals surface area contributed by atoms with Gasteiger partial charge in [-0.15, -0.1) is 0 Å². The molecule has 0 bridgehead atoms. The van der Waals surface area contributed by atoms with E-state index in [2.05, 4.69) is 29.8 Å². The average molecular weight is 149 g/mol. The lowest BCUT2D eigenvalue weighted by molar-refractivity contribution is 0.743. The van der Waals surface area contributed by atoms with Crippen LogP contribution in [0.5, 0.6) is 0 Å². The minimum atomic E-state index is 0.485. The van der Waals surface area contributed by atoms with Crippen LogP contribution >= 0.6 is 0 Å². The lowest BCUT2D eigenvalue weighted by Crippen LogP contribution is -2.26. The third-order valence-electron chi connectivity index (χ3n) is 1.73. The molecule has 2 heteroatoms. The minimum absolute atomic E-state index is 0.485. The molecule has 1 rings (SSSR count). The van der Waals surface area contributed by atoms with E-state index >= 15 is 0 Å². The number of hydrogen-bond donors (Lipinski definition) is 0. The van der Waals surface area contributed by atoms with Crippen molar-refractivity contribution < 1.29 is 0 Å². The van der Waals surface area contributed by atoms with Gasteiger partial charge in [-0.1, -0.05) is 0 Å². The van der Waals surface area contributed by atoms with Gasteiger partial charge in [-0.2, -0.15) is 0 Å². The summed E-state index contributed by atoms with van der Waals surface area (Å²) in [4.78, 5) is 6.30. The first-order valence-electron chi connectivity index (χ1n) is 3.76. The van der Waals surface area contributed by atoms with Gasteiger partial charge in [-0.3, -0.25) is 0 Å². The second-order valence-corrected chi connectivity index (χ2v) is 2.82. The Kier molecular flexibility index (Phi) is 2.47. The van der Waals surface area contributed by atoms with Crippen molar-refractivity contribution in [3.05, 3.63) is 24.4 Å². The van der Waals surface area contributed by atoms with Gasteiger partial charge in [0.05, 0.1) is 0 Å². The van der Waals surface area contributed by atoms with Crippen LogP contribution in [-0.4, -0.2) is 18.1 Å². The standard InChI is InChI=1S/C9H13N2/c1-8(2)11(3)9-6-4-5-7-10-9/h5-8H,1-3H3. The van der Waals surface area contributed by atoms with Crippen LogP contribution in [0.4, 0.5) is 5.82 Å². The molecular weight excluding hydrogens is 136 g/mol. The molecule has 0 aliphatic carbocycles. The smallest absolute Gasteiger partial charge is 0.129 e. The lowest BCUT2D eigenvalue weighted by atomic mass is 10.3. The monoisotopic (exact) mass is 149 g/mol. The van der Waals surface area contributed by atoms with E-state index in [1.54, 1.807) is 12.3 Å². The number of anilines is 1. The van der Waals surface area contributed by atoms with Gasteiger partial charge < -0.3 is 4.90 Å². The summed E-state index contributed by atoms with van der Waals surface area (Å²) in [6.07, 6.45) is 1.76. The molecule has 0 amide bonds. The van der Waals surface area contributed by atoms with Gasteiger partial charge in [0, 0.05) is 19.3 Å². The van der Waals surface area contributed by atoms with Gasteiger partial charge >= 0.3 is 0 Å². The van der Waals surface area contributed by atoms with Crippen molar-refractivity contribution in [3.8, 4) is 0 Å². The molecule has 1 aromatic heterocycles. The lowest BCUT2D eigenvalue weighted by Gasteiger charge is -2.21. The minimum Gasteiger partial charge on any atom is -0.357 e. The molecule has 0 aromatic carbocycles. The molecule has 1 radical (unpaired) electrons. The number of nitrogens with zero attached hydrogens (tertiary/aromatic N) is 2. The normalized spacial score (nSPS) is 10.2. The molecule has 1 aromatic rings. The highest BCUT2D eigenvalue weighted by atomic mass is 15.2. The molecule has 0 spiro atoms. The van der Waals surface area contributed by atoms with Crippen LogP contribution in [0.25, 0.3) is 0 Å². The molecule has 0 aliphatic rings. The molecule has 0 atom stereocenters. The Morgan fingerprint density at radius 3 is 2.73 bits per heavy atom. The van der Waals surface area contributed by atoms with Gasteiger partial charge in [0.15, 0.2) is 0 Å². The van der Waals surface area contributed by atoms with Gasteiger partial charge in [0.2, 0.25) is 0 Å². The number of aromatic nitrogens is 1. The summed E-state index contributed by atoms with van der Waals surface area (Å²) in [6, 6.07) is 7.17. The molecule has 0 saturated heterocycles. The van der Waals surface area contributed by atoms with Gasteiger partial charge in [-0.25, -0.2) is 4.98 Å². The summed E-state index contributed by atoms with van der Waals surface area (Å²) in [5, 5.41) is 0. The maximum Gasteiger partial charge on any atom is 0.129 e. The van der Waals surface area contributed by atoms with E-state index < -0.39 is 0 Å². The molecule has 59 valence electrons. The van der Waals surface area contributed by atoms with E-state index in [1.165, 1.54) is 0 Å². The predicted molar refractivity (Wildman–Crippen MR) is 46.6 cm³/mol. The zero-order chi connectivity index (χ0) is 8.27. The van der Waals surface area contributed by atoms with Crippen LogP contribution in [0.3, 0.4) is 0 Å². The van der Waals surface area contributed by atoms with E-state index in [0.717, 1.165) is 5.82 Å². The second kappa shape index (κ2) is 3.37. The molecule has 0 aliphatic heterocycles. The van der Waals surface area contributed by atoms with Crippen LogP contribution < -0.4 is 4.90 Å².